The zero-order valence-corrected chi connectivity index (χ0v) is 13.1. The van der Waals surface area contributed by atoms with Gasteiger partial charge >= 0.3 is 11.7 Å². The fourth-order valence-corrected chi connectivity index (χ4v) is 3.53. The highest BCUT2D eigenvalue weighted by molar-refractivity contribution is 5.70. The first-order valence-corrected chi connectivity index (χ1v) is 7.72. The Morgan fingerprint density at radius 2 is 1.95 bits per heavy atom. The van der Waals surface area contributed by atoms with E-state index in [-0.39, 0.29) is 18.2 Å². The van der Waals surface area contributed by atoms with Crippen molar-refractivity contribution in [2.45, 2.75) is 65.3 Å². The molecule has 5 nitrogen and oxygen atoms in total. The van der Waals surface area contributed by atoms with E-state index in [2.05, 4.69) is 11.9 Å². The van der Waals surface area contributed by atoms with Crippen molar-refractivity contribution in [3.8, 4) is 0 Å². The third-order valence-corrected chi connectivity index (χ3v) is 4.77. The Labute approximate surface area is 125 Å². The van der Waals surface area contributed by atoms with Crippen molar-refractivity contribution in [1.82, 2.24) is 9.55 Å². The highest BCUT2D eigenvalue weighted by Crippen LogP contribution is 2.32. The molecule has 0 amide bonds. The van der Waals surface area contributed by atoms with Gasteiger partial charge in [-0.05, 0) is 39.5 Å². The van der Waals surface area contributed by atoms with Gasteiger partial charge in [0.1, 0.15) is 0 Å². The standard InChI is InChI=1S/C16H24N2O3/c1-10-14(9-15(19)20)12(3)18(16(21)17-10)11(2)13-7-5-4-6-8-13/h11,13H,4-9H2,1-3H3,(H,19,20). The number of hydrogen-bond donors (Lipinski definition) is 1. The summed E-state index contributed by atoms with van der Waals surface area (Å²) in [5.74, 6) is -0.407. The van der Waals surface area contributed by atoms with E-state index in [4.69, 9.17) is 5.11 Å². The lowest BCUT2D eigenvalue weighted by atomic mass is 9.84. The van der Waals surface area contributed by atoms with Crippen LogP contribution in [-0.2, 0) is 11.2 Å². The zero-order chi connectivity index (χ0) is 15.6. The van der Waals surface area contributed by atoms with Crippen LogP contribution in [-0.4, -0.2) is 20.6 Å². The molecule has 0 aliphatic heterocycles. The first-order valence-electron chi connectivity index (χ1n) is 7.72. The predicted octanol–water partition coefficient (Wildman–Crippen LogP) is 2.63. The van der Waals surface area contributed by atoms with Crippen LogP contribution in [0.4, 0.5) is 0 Å². The Kier molecular flexibility index (Phi) is 4.80. The van der Waals surface area contributed by atoms with Crippen LogP contribution >= 0.6 is 0 Å². The van der Waals surface area contributed by atoms with Gasteiger partial charge in [0.25, 0.3) is 0 Å². The molecule has 1 aromatic rings. The maximum Gasteiger partial charge on any atom is 0.348 e. The van der Waals surface area contributed by atoms with Crippen LogP contribution < -0.4 is 5.69 Å². The summed E-state index contributed by atoms with van der Waals surface area (Å²) >= 11 is 0. The highest BCUT2D eigenvalue weighted by Gasteiger charge is 2.25. The lowest BCUT2D eigenvalue weighted by molar-refractivity contribution is -0.136. The number of carbonyl (C=O) groups is 1. The monoisotopic (exact) mass is 292 g/mol. The molecule has 0 aromatic carbocycles. The van der Waals surface area contributed by atoms with E-state index in [0.29, 0.717) is 17.2 Å². The fourth-order valence-electron chi connectivity index (χ4n) is 3.53. The van der Waals surface area contributed by atoms with Gasteiger partial charge in [-0.3, -0.25) is 9.36 Å². The third kappa shape index (κ3) is 3.34. The molecular weight excluding hydrogens is 268 g/mol. The van der Waals surface area contributed by atoms with Crippen molar-refractivity contribution in [2.24, 2.45) is 5.92 Å². The second-order valence-corrected chi connectivity index (χ2v) is 6.12. The number of carboxylic acid groups (broad SMARTS) is 1. The molecule has 0 saturated heterocycles. The van der Waals surface area contributed by atoms with Gasteiger partial charge in [0.2, 0.25) is 0 Å². The Hall–Kier alpha value is -1.65. The van der Waals surface area contributed by atoms with E-state index in [1.165, 1.54) is 19.3 Å². The van der Waals surface area contributed by atoms with Gasteiger partial charge in [-0.1, -0.05) is 19.3 Å². The van der Waals surface area contributed by atoms with E-state index in [9.17, 15) is 9.59 Å². The Bertz CT molecular complexity index is 586. The van der Waals surface area contributed by atoms with Crippen molar-refractivity contribution in [2.75, 3.05) is 0 Å². The number of nitrogens with zero attached hydrogens (tertiary/aromatic N) is 2. The number of carboxylic acids is 1. The molecule has 116 valence electrons. The van der Waals surface area contributed by atoms with Crippen molar-refractivity contribution in [1.29, 1.82) is 0 Å². The molecule has 0 spiro atoms. The SMILES string of the molecule is Cc1nc(=O)n(C(C)C2CCCCC2)c(C)c1CC(=O)O. The Morgan fingerprint density at radius 3 is 2.52 bits per heavy atom. The molecule has 21 heavy (non-hydrogen) atoms. The smallest absolute Gasteiger partial charge is 0.348 e. The van der Waals surface area contributed by atoms with Gasteiger partial charge in [-0.25, -0.2) is 4.79 Å². The quantitative estimate of drug-likeness (QED) is 0.926. The molecule has 1 atom stereocenters. The average Bonchev–Trinajstić information content (AvgIpc) is 2.44. The van der Waals surface area contributed by atoms with Crippen LogP contribution in [0.25, 0.3) is 0 Å². The summed E-state index contributed by atoms with van der Waals surface area (Å²) in [6, 6.07) is 0.0819. The summed E-state index contributed by atoms with van der Waals surface area (Å²) in [5.41, 5.74) is 1.71. The van der Waals surface area contributed by atoms with E-state index in [1.807, 2.05) is 6.92 Å². The van der Waals surface area contributed by atoms with E-state index >= 15 is 0 Å². The minimum Gasteiger partial charge on any atom is -0.481 e. The van der Waals surface area contributed by atoms with E-state index in [0.717, 1.165) is 18.5 Å². The summed E-state index contributed by atoms with van der Waals surface area (Å²) < 4.78 is 1.71. The van der Waals surface area contributed by atoms with Crippen LogP contribution in [0.1, 0.15) is 62.0 Å². The third-order valence-electron chi connectivity index (χ3n) is 4.77. The maximum atomic E-state index is 12.3. The number of aliphatic carboxylic acids is 1. The molecular formula is C16H24N2O3. The van der Waals surface area contributed by atoms with Crippen LogP contribution in [0, 0.1) is 19.8 Å². The molecule has 1 saturated carbocycles. The van der Waals surface area contributed by atoms with Gasteiger partial charge < -0.3 is 5.11 Å². The van der Waals surface area contributed by atoms with Gasteiger partial charge in [0.15, 0.2) is 0 Å². The summed E-state index contributed by atoms with van der Waals surface area (Å²) in [6.45, 7) is 5.61. The van der Waals surface area contributed by atoms with E-state index < -0.39 is 5.97 Å². The molecule has 2 rings (SSSR count). The number of aryl methyl sites for hydroxylation is 1. The summed E-state index contributed by atoms with van der Waals surface area (Å²) in [7, 11) is 0. The van der Waals surface area contributed by atoms with Crippen molar-refractivity contribution < 1.29 is 9.90 Å². The number of rotatable bonds is 4. The highest BCUT2D eigenvalue weighted by atomic mass is 16.4. The second kappa shape index (κ2) is 6.41. The largest absolute Gasteiger partial charge is 0.481 e. The summed E-state index contributed by atoms with van der Waals surface area (Å²) in [5, 5.41) is 9.05. The van der Waals surface area contributed by atoms with Crippen LogP contribution in [0.3, 0.4) is 0 Å². The molecule has 1 aromatic heterocycles. The van der Waals surface area contributed by atoms with Gasteiger partial charge in [0.05, 0.1) is 6.42 Å². The minimum atomic E-state index is -0.890. The first-order chi connectivity index (χ1) is 9.91. The molecule has 5 heteroatoms. The average molecular weight is 292 g/mol. The molecule has 1 aliphatic carbocycles. The fraction of sp³-hybridized carbons (Fsp3) is 0.688. The molecule has 0 bridgehead atoms. The number of hydrogen-bond acceptors (Lipinski definition) is 3. The predicted molar refractivity (Wildman–Crippen MR) is 80.6 cm³/mol. The lowest BCUT2D eigenvalue weighted by Crippen LogP contribution is -2.34. The van der Waals surface area contributed by atoms with Gasteiger partial charge in [0, 0.05) is 23.0 Å². The molecule has 1 heterocycles. The molecule has 1 N–H and O–H groups in total. The Morgan fingerprint density at radius 1 is 1.33 bits per heavy atom. The molecule has 1 aliphatic rings. The zero-order valence-electron chi connectivity index (χ0n) is 13.1. The minimum absolute atomic E-state index is 0.0810. The lowest BCUT2D eigenvalue weighted by Gasteiger charge is -2.30. The maximum absolute atomic E-state index is 12.3. The van der Waals surface area contributed by atoms with Gasteiger partial charge in [-0.15, -0.1) is 0 Å². The van der Waals surface area contributed by atoms with Crippen molar-refractivity contribution >= 4 is 5.97 Å². The van der Waals surface area contributed by atoms with Crippen molar-refractivity contribution in [3.05, 3.63) is 27.4 Å². The topological polar surface area (TPSA) is 72.2 Å². The normalized spacial score (nSPS) is 17.7. The molecule has 1 fully saturated rings. The molecule has 1 unspecified atom stereocenters. The Balaban J connectivity index is 2.42. The summed E-state index contributed by atoms with van der Waals surface area (Å²) in [6.07, 6.45) is 5.88. The van der Waals surface area contributed by atoms with Crippen molar-refractivity contribution in [3.63, 3.8) is 0 Å². The van der Waals surface area contributed by atoms with E-state index in [1.54, 1.807) is 11.5 Å². The second-order valence-electron chi connectivity index (χ2n) is 6.12. The number of aromatic nitrogens is 2. The first kappa shape index (κ1) is 15.7. The van der Waals surface area contributed by atoms with Gasteiger partial charge in [-0.2, -0.15) is 4.98 Å². The van der Waals surface area contributed by atoms with Crippen LogP contribution in [0.5, 0.6) is 0 Å². The summed E-state index contributed by atoms with van der Waals surface area (Å²) in [4.78, 5) is 27.4. The van der Waals surface area contributed by atoms with Crippen LogP contribution in [0.15, 0.2) is 4.79 Å². The molecule has 0 radical (unpaired) electrons. The van der Waals surface area contributed by atoms with Crippen LogP contribution in [0.2, 0.25) is 0 Å².